The third kappa shape index (κ3) is 7.10. The van der Waals surface area contributed by atoms with Crippen molar-refractivity contribution in [2.24, 2.45) is 0 Å². The van der Waals surface area contributed by atoms with E-state index in [4.69, 9.17) is 0 Å². The van der Waals surface area contributed by atoms with Gasteiger partial charge in [-0.2, -0.15) is 0 Å². The molecule has 0 amide bonds. The molecule has 0 aromatic rings. The normalized spacial score (nSPS) is 24.3. The number of hydrogen-bond donors (Lipinski definition) is 0. The number of rotatable bonds is 10. The Morgan fingerprint density at radius 1 is 0.933 bits per heavy atom. The molecule has 0 aromatic carbocycles. The summed E-state index contributed by atoms with van der Waals surface area (Å²) >= 11 is 0. The molecule has 2 heteroatoms. The monoisotopic (exact) mass is 230 g/mol. The molecule has 0 spiro atoms. The third-order valence-electron chi connectivity index (χ3n) is 3.24. The third-order valence-corrected chi connectivity index (χ3v) is 4.68. The van der Waals surface area contributed by atoms with Crippen LogP contribution in [0.3, 0.4) is 0 Å². The fourth-order valence-electron chi connectivity index (χ4n) is 2.04. The van der Waals surface area contributed by atoms with Crippen LogP contribution in [-0.4, -0.2) is 15.2 Å². The van der Waals surface area contributed by atoms with Gasteiger partial charge in [0, 0.05) is 21.8 Å². The van der Waals surface area contributed by atoms with Crippen LogP contribution in [0.2, 0.25) is 0 Å². The predicted molar refractivity (Wildman–Crippen MR) is 68.6 cm³/mol. The van der Waals surface area contributed by atoms with Gasteiger partial charge in [-0.25, -0.2) is 0 Å². The summed E-state index contributed by atoms with van der Waals surface area (Å²) in [5, 5.41) is 0.592. The van der Waals surface area contributed by atoms with E-state index >= 15 is 0 Å². The molecule has 1 rings (SSSR count). The second-order valence-corrected chi connectivity index (χ2v) is 6.55. The maximum absolute atomic E-state index is 10.9. The molecule has 1 aliphatic heterocycles. The average molecular weight is 230 g/mol. The Morgan fingerprint density at radius 2 is 1.40 bits per heavy atom. The standard InChI is InChI=1S/C13H26OS/c1-2-3-4-5-6-7-8-9-10-11-13-12-15(13)14/h13H,2-12H2,1H3/t13-,15?/m0/s1. The molecular formula is C13H26OS. The molecule has 15 heavy (non-hydrogen) atoms. The van der Waals surface area contributed by atoms with Crippen molar-refractivity contribution >= 4 is 10.8 Å². The van der Waals surface area contributed by atoms with E-state index in [2.05, 4.69) is 6.92 Å². The van der Waals surface area contributed by atoms with Crippen LogP contribution in [-0.2, 0) is 10.8 Å². The molecule has 0 N–H and O–H groups in total. The molecule has 0 aliphatic carbocycles. The molecule has 1 nitrogen and oxygen atoms in total. The maximum atomic E-state index is 10.9. The van der Waals surface area contributed by atoms with Crippen molar-refractivity contribution < 1.29 is 4.21 Å². The van der Waals surface area contributed by atoms with E-state index in [0.717, 1.165) is 5.75 Å². The summed E-state index contributed by atoms with van der Waals surface area (Å²) in [6, 6.07) is 0. The SMILES string of the molecule is CCCCCCCCCCC[C@H]1CS1=O. The Labute approximate surface area is 97.5 Å². The molecule has 1 unspecified atom stereocenters. The van der Waals surface area contributed by atoms with Crippen LogP contribution in [0.25, 0.3) is 0 Å². The van der Waals surface area contributed by atoms with Crippen molar-refractivity contribution in [2.75, 3.05) is 5.75 Å². The fraction of sp³-hybridized carbons (Fsp3) is 1.00. The van der Waals surface area contributed by atoms with Crippen LogP contribution in [0.4, 0.5) is 0 Å². The van der Waals surface area contributed by atoms with E-state index in [9.17, 15) is 4.21 Å². The van der Waals surface area contributed by atoms with Gasteiger partial charge in [0.05, 0.1) is 0 Å². The summed E-state index contributed by atoms with van der Waals surface area (Å²) in [5.41, 5.74) is 0. The lowest BCUT2D eigenvalue weighted by molar-refractivity contribution is 0.559. The molecule has 0 saturated carbocycles. The highest BCUT2D eigenvalue weighted by Gasteiger charge is 2.31. The minimum atomic E-state index is -0.412. The maximum Gasteiger partial charge on any atom is 0.0463 e. The van der Waals surface area contributed by atoms with Gasteiger partial charge in [0.15, 0.2) is 0 Å². The quantitative estimate of drug-likeness (QED) is 0.409. The lowest BCUT2D eigenvalue weighted by Crippen LogP contribution is -1.86. The first-order valence-electron chi connectivity index (χ1n) is 6.71. The molecule has 2 atom stereocenters. The zero-order valence-electron chi connectivity index (χ0n) is 10.2. The van der Waals surface area contributed by atoms with Gasteiger partial charge in [-0.05, 0) is 6.42 Å². The summed E-state index contributed by atoms with van der Waals surface area (Å²) in [5.74, 6) is 0.997. The van der Waals surface area contributed by atoms with Crippen molar-refractivity contribution in [3.63, 3.8) is 0 Å². The van der Waals surface area contributed by atoms with Gasteiger partial charge in [-0.1, -0.05) is 64.7 Å². The zero-order chi connectivity index (χ0) is 10.9. The van der Waals surface area contributed by atoms with Gasteiger partial charge in [0.25, 0.3) is 0 Å². The van der Waals surface area contributed by atoms with Gasteiger partial charge < -0.3 is 0 Å². The number of hydrogen-bond acceptors (Lipinski definition) is 1. The Kier molecular flexibility index (Phi) is 7.33. The van der Waals surface area contributed by atoms with Gasteiger partial charge in [-0.15, -0.1) is 0 Å². The van der Waals surface area contributed by atoms with E-state index < -0.39 is 10.8 Å². The van der Waals surface area contributed by atoms with E-state index in [0.29, 0.717) is 5.25 Å². The van der Waals surface area contributed by atoms with E-state index in [1.807, 2.05) is 0 Å². The zero-order valence-corrected chi connectivity index (χ0v) is 11.0. The summed E-state index contributed by atoms with van der Waals surface area (Å²) in [4.78, 5) is 0. The first kappa shape index (κ1) is 13.2. The topological polar surface area (TPSA) is 17.1 Å². The Balaban J connectivity index is 1.68. The summed E-state index contributed by atoms with van der Waals surface area (Å²) in [6.45, 7) is 2.27. The van der Waals surface area contributed by atoms with Crippen molar-refractivity contribution in [1.82, 2.24) is 0 Å². The lowest BCUT2D eigenvalue weighted by Gasteiger charge is -2.00. The van der Waals surface area contributed by atoms with Crippen LogP contribution in [0.5, 0.6) is 0 Å². The Hall–Kier alpha value is 0.150. The van der Waals surface area contributed by atoms with Crippen LogP contribution in [0.15, 0.2) is 0 Å². The molecule has 0 bridgehead atoms. The molecule has 1 aliphatic rings. The average Bonchev–Trinajstić information content (AvgIpc) is 2.92. The second-order valence-electron chi connectivity index (χ2n) is 4.79. The van der Waals surface area contributed by atoms with Gasteiger partial charge in [-0.3, -0.25) is 4.21 Å². The minimum absolute atomic E-state index is 0.412. The highest BCUT2D eigenvalue weighted by molar-refractivity contribution is 7.92. The van der Waals surface area contributed by atoms with Crippen LogP contribution in [0.1, 0.15) is 71.1 Å². The molecule has 1 saturated heterocycles. The fourth-order valence-corrected chi connectivity index (χ4v) is 3.09. The molecular weight excluding hydrogens is 204 g/mol. The first-order valence-corrected chi connectivity index (χ1v) is 8.10. The summed E-state index contributed by atoms with van der Waals surface area (Å²) in [6.07, 6.45) is 13.7. The van der Waals surface area contributed by atoms with E-state index in [1.54, 1.807) is 0 Å². The smallest absolute Gasteiger partial charge is 0.0463 e. The Bertz CT molecular complexity index is 179. The summed E-state index contributed by atoms with van der Waals surface area (Å²) < 4.78 is 10.9. The lowest BCUT2D eigenvalue weighted by atomic mass is 10.1. The van der Waals surface area contributed by atoms with Crippen molar-refractivity contribution in [3.8, 4) is 0 Å². The number of unbranched alkanes of at least 4 members (excludes halogenated alkanes) is 8. The van der Waals surface area contributed by atoms with Crippen molar-refractivity contribution in [1.29, 1.82) is 0 Å². The highest BCUT2D eigenvalue weighted by Crippen LogP contribution is 2.22. The molecule has 90 valence electrons. The summed E-state index contributed by atoms with van der Waals surface area (Å²) in [7, 11) is -0.412. The second kappa shape index (κ2) is 8.32. The molecule has 0 radical (unpaired) electrons. The first-order chi connectivity index (χ1) is 7.34. The van der Waals surface area contributed by atoms with Gasteiger partial charge in [0.1, 0.15) is 0 Å². The van der Waals surface area contributed by atoms with Crippen LogP contribution in [0, 0.1) is 0 Å². The van der Waals surface area contributed by atoms with E-state index in [1.165, 1.54) is 64.2 Å². The Morgan fingerprint density at radius 3 is 1.87 bits per heavy atom. The molecule has 1 fully saturated rings. The van der Waals surface area contributed by atoms with Crippen molar-refractivity contribution in [3.05, 3.63) is 0 Å². The van der Waals surface area contributed by atoms with Gasteiger partial charge in [0.2, 0.25) is 0 Å². The molecule has 0 aromatic heterocycles. The van der Waals surface area contributed by atoms with Crippen molar-refractivity contribution in [2.45, 2.75) is 76.4 Å². The van der Waals surface area contributed by atoms with Crippen LogP contribution >= 0.6 is 0 Å². The minimum Gasteiger partial charge on any atom is -0.259 e. The highest BCUT2D eigenvalue weighted by atomic mass is 32.2. The van der Waals surface area contributed by atoms with Crippen LogP contribution < -0.4 is 0 Å². The molecule has 1 heterocycles. The van der Waals surface area contributed by atoms with E-state index in [-0.39, 0.29) is 0 Å². The largest absolute Gasteiger partial charge is 0.259 e. The predicted octanol–water partition coefficient (Wildman–Crippen LogP) is 4.04. The van der Waals surface area contributed by atoms with Gasteiger partial charge >= 0.3 is 0 Å².